The van der Waals surface area contributed by atoms with Gasteiger partial charge in [0, 0.05) is 0 Å². The van der Waals surface area contributed by atoms with Crippen LogP contribution in [0.1, 0.15) is 5.56 Å². The lowest BCUT2D eigenvalue weighted by atomic mass is 10.2. The van der Waals surface area contributed by atoms with E-state index in [1.54, 1.807) is 11.0 Å². The molecule has 2 rings (SSSR count). The molecule has 3 heteroatoms. The van der Waals surface area contributed by atoms with Crippen LogP contribution in [0.2, 0.25) is 0 Å². The highest BCUT2D eigenvalue weighted by Crippen LogP contribution is 2.00. The highest BCUT2D eigenvalue weighted by atomic mass is 15.3. The molecule has 1 aromatic carbocycles. The Morgan fingerprint density at radius 3 is 2.79 bits per heavy atom. The normalized spacial score (nSPS) is 10.9. The number of benzene rings is 1. The van der Waals surface area contributed by atoms with Crippen LogP contribution in [0.25, 0.3) is 6.08 Å². The second-order valence-corrected chi connectivity index (χ2v) is 2.93. The van der Waals surface area contributed by atoms with Gasteiger partial charge in [-0.05, 0) is 5.56 Å². The summed E-state index contributed by atoms with van der Waals surface area (Å²) in [6, 6.07) is 10.2. The fraction of sp³-hybridized carbons (Fsp3) is 0.0909. The van der Waals surface area contributed by atoms with Crippen LogP contribution >= 0.6 is 0 Å². The lowest BCUT2D eigenvalue weighted by molar-refractivity contribution is 0.701. The molecular weight excluding hydrogens is 174 g/mol. The van der Waals surface area contributed by atoms with Gasteiger partial charge in [0.15, 0.2) is 0 Å². The third-order valence-corrected chi connectivity index (χ3v) is 1.87. The van der Waals surface area contributed by atoms with E-state index in [1.165, 1.54) is 11.9 Å². The minimum atomic E-state index is 0.759. The van der Waals surface area contributed by atoms with Crippen molar-refractivity contribution in [1.82, 2.24) is 14.8 Å². The molecule has 2 aromatic rings. The zero-order valence-corrected chi connectivity index (χ0v) is 7.74. The molecule has 0 amide bonds. The van der Waals surface area contributed by atoms with E-state index in [1.807, 2.05) is 18.2 Å². The lowest BCUT2D eigenvalue weighted by Crippen LogP contribution is -1.94. The zero-order chi connectivity index (χ0) is 9.64. The molecule has 0 aliphatic carbocycles. The van der Waals surface area contributed by atoms with Gasteiger partial charge in [-0.2, -0.15) is 5.10 Å². The van der Waals surface area contributed by atoms with Gasteiger partial charge in [0.1, 0.15) is 12.7 Å². The molecule has 3 nitrogen and oxygen atoms in total. The van der Waals surface area contributed by atoms with Gasteiger partial charge in [-0.25, -0.2) is 9.67 Å². The fourth-order valence-corrected chi connectivity index (χ4v) is 1.19. The van der Waals surface area contributed by atoms with Crippen molar-refractivity contribution in [2.24, 2.45) is 0 Å². The summed E-state index contributed by atoms with van der Waals surface area (Å²) in [4.78, 5) is 3.87. The number of hydrogen-bond donors (Lipinski definition) is 0. The molecule has 0 radical (unpaired) electrons. The zero-order valence-electron chi connectivity index (χ0n) is 7.74. The van der Waals surface area contributed by atoms with Gasteiger partial charge in [-0.15, -0.1) is 0 Å². The van der Waals surface area contributed by atoms with E-state index in [9.17, 15) is 0 Å². The topological polar surface area (TPSA) is 30.7 Å². The Morgan fingerprint density at radius 1 is 1.21 bits per heavy atom. The Morgan fingerprint density at radius 2 is 2.07 bits per heavy atom. The Kier molecular flexibility index (Phi) is 2.71. The summed E-state index contributed by atoms with van der Waals surface area (Å²) in [5, 5.41) is 4.00. The summed E-state index contributed by atoms with van der Waals surface area (Å²) in [6.45, 7) is 0.759. The van der Waals surface area contributed by atoms with Gasteiger partial charge in [0.25, 0.3) is 0 Å². The van der Waals surface area contributed by atoms with Crippen molar-refractivity contribution in [2.75, 3.05) is 0 Å². The first-order valence-electron chi connectivity index (χ1n) is 4.49. The van der Waals surface area contributed by atoms with Crippen LogP contribution in [0.3, 0.4) is 0 Å². The van der Waals surface area contributed by atoms with E-state index in [0.29, 0.717) is 0 Å². The van der Waals surface area contributed by atoms with E-state index in [2.05, 4.69) is 34.4 Å². The molecule has 1 heterocycles. The minimum absolute atomic E-state index is 0.759. The number of aromatic nitrogens is 3. The third-order valence-electron chi connectivity index (χ3n) is 1.87. The molecule has 0 saturated carbocycles. The van der Waals surface area contributed by atoms with Crippen molar-refractivity contribution in [3.8, 4) is 0 Å². The molecule has 0 N–H and O–H groups in total. The number of rotatable bonds is 3. The number of nitrogens with zero attached hydrogens (tertiary/aromatic N) is 3. The Hall–Kier alpha value is -1.90. The summed E-state index contributed by atoms with van der Waals surface area (Å²) < 4.78 is 1.78. The van der Waals surface area contributed by atoms with Crippen LogP contribution in [-0.4, -0.2) is 14.8 Å². The molecule has 14 heavy (non-hydrogen) atoms. The predicted molar refractivity (Wildman–Crippen MR) is 55.5 cm³/mol. The van der Waals surface area contributed by atoms with Crippen LogP contribution in [-0.2, 0) is 6.54 Å². The summed E-state index contributed by atoms with van der Waals surface area (Å²) in [5.41, 5.74) is 1.20. The van der Waals surface area contributed by atoms with Gasteiger partial charge in [0.05, 0.1) is 6.54 Å². The van der Waals surface area contributed by atoms with Crippen LogP contribution in [0.15, 0.2) is 49.1 Å². The van der Waals surface area contributed by atoms with Crippen LogP contribution in [0.5, 0.6) is 0 Å². The highest BCUT2D eigenvalue weighted by Gasteiger charge is 1.85. The van der Waals surface area contributed by atoms with Crippen molar-refractivity contribution in [2.45, 2.75) is 6.54 Å². The van der Waals surface area contributed by atoms with Crippen LogP contribution < -0.4 is 0 Å². The first-order valence-corrected chi connectivity index (χ1v) is 4.49. The van der Waals surface area contributed by atoms with Crippen molar-refractivity contribution < 1.29 is 0 Å². The number of allylic oxidation sites excluding steroid dienone is 1. The van der Waals surface area contributed by atoms with Gasteiger partial charge in [0.2, 0.25) is 0 Å². The van der Waals surface area contributed by atoms with E-state index >= 15 is 0 Å². The van der Waals surface area contributed by atoms with Crippen LogP contribution in [0, 0.1) is 0 Å². The molecule has 0 spiro atoms. The smallest absolute Gasteiger partial charge is 0.137 e. The summed E-state index contributed by atoms with van der Waals surface area (Å²) >= 11 is 0. The minimum Gasteiger partial charge on any atom is -0.249 e. The molecule has 0 aliphatic rings. The quantitative estimate of drug-likeness (QED) is 0.732. The van der Waals surface area contributed by atoms with E-state index in [4.69, 9.17) is 0 Å². The second kappa shape index (κ2) is 4.37. The molecule has 0 bridgehead atoms. The maximum absolute atomic E-state index is 4.00. The molecule has 0 fully saturated rings. The molecule has 70 valence electrons. The highest BCUT2D eigenvalue weighted by molar-refractivity contribution is 5.48. The average molecular weight is 185 g/mol. The van der Waals surface area contributed by atoms with E-state index in [0.717, 1.165) is 6.54 Å². The molecule has 0 aliphatic heterocycles. The first-order chi connectivity index (χ1) is 6.95. The first kappa shape index (κ1) is 8.69. The Bertz CT molecular complexity index is 390. The molecule has 0 unspecified atom stereocenters. The maximum Gasteiger partial charge on any atom is 0.137 e. The Balaban J connectivity index is 1.96. The fourth-order valence-electron chi connectivity index (χ4n) is 1.19. The summed E-state index contributed by atoms with van der Waals surface area (Å²) in [7, 11) is 0. The van der Waals surface area contributed by atoms with Gasteiger partial charge in [-0.3, -0.25) is 0 Å². The van der Waals surface area contributed by atoms with Gasteiger partial charge in [-0.1, -0.05) is 42.5 Å². The predicted octanol–water partition coefficient (Wildman–Crippen LogP) is 1.99. The standard InChI is InChI=1S/C11H11N3/c1-2-5-11(6-3-1)7-4-8-14-10-12-9-13-14/h1-7,9-10H,8H2/b7-4+. The second-order valence-electron chi connectivity index (χ2n) is 2.93. The summed E-state index contributed by atoms with van der Waals surface area (Å²) in [5.74, 6) is 0. The van der Waals surface area contributed by atoms with Crippen LogP contribution in [0.4, 0.5) is 0 Å². The molecular formula is C11H11N3. The van der Waals surface area contributed by atoms with E-state index in [-0.39, 0.29) is 0 Å². The van der Waals surface area contributed by atoms with Crippen molar-refractivity contribution in [3.05, 3.63) is 54.6 Å². The van der Waals surface area contributed by atoms with Gasteiger partial charge < -0.3 is 0 Å². The number of hydrogen-bond acceptors (Lipinski definition) is 2. The van der Waals surface area contributed by atoms with Crippen molar-refractivity contribution >= 4 is 6.08 Å². The summed E-state index contributed by atoms with van der Waals surface area (Å²) in [6.07, 6.45) is 7.37. The maximum atomic E-state index is 4.00. The molecule has 0 saturated heterocycles. The Labute approximate surface area is 82.7 Å². The monoisotopic (exact) mass is 185 g/mol. The molecule has 0 atom stereocenters. The largest absolute Gasteiger partial charge is 0.249 e. The average Bonchev–Trinajstić information content (AvgIpc) is 2.72. The van der Waals surface area contributed by atoms with E-state index < -0.39 is 0 Å². The van der Waals surface area contributed by atoms with Gasteiger partial charge >= 0.3 is 0 Å². The lowest BCUT2D eigenvalue weighted by Gasteiger charge is -1.93. The van der Waals surface area contributed by atoms with Crippen molar-refractivity contribution in [1.29, 1.82) is 0 Å². The third kappa shape index (κ3) is 2.29. The SMILES string of the molecule is C(=C\c1ccccc1)/Cn1cncn1. The molecule has 1 aromatic heterocycles. The van der Waals surface area contributed by atoms with Crippen molar-refractivity contribution in [3.63, 3.8) is 0 Å².